The molecule has 4 atom stereocenters. The lowest BCUT2D eigenvalue weighted by Gasteiger charge is -2.38. The summed E-state index contributed by atoms with van der Waals surface area (Å²) in [5, 5.41) is 9.57. The van der Waals surface area contributed by atoms with Crippen molar-refractivity contribution >= 4 is 5.97 Å². The Morgan fingerprint density at radius 2 is 1.91 bits per heavy atom. The van der Waals surface area contributed by atoms with E-state index in [2.05, 4.69) is 11.8 Å². The number of aliphatic hydroxyl groups excluding tert-OH is 1. The van der Waals surface area contributed by atoms with E-state index in [0.717, 1.165) is 24.9 Å². The molecule has 2 fully saturated rings. The molecule has 0 saturated carbocycles. The molecule has 120 valence electrons. The fourth-order valence-corrected chi connectivity index (χ4v) is 4.08. The molecule has 4 nitrogen and oxygen atoms in total. The third-order valence-corrected chi connectivity index (χ3v) is 5.16. The number of hydrogen-bond acceptors (Lipinski definition) is 4. The first-order chi connectivity index (χ1) is 10.7. The van der Waals surface area contributed by atoms with Crippen LogP contribution in [0.1, 0.15) is 44.1 Å². The Labute approximate surface area is 132 Å². The number of aliphatic hydroxyl groups is 1. The standard InChI is InChI=1S/C18H25NO3/c1-2-19-14-8-9-15(19)11-16(10-14)22-18(21)17(12-20)13-6-4-3-5-7-13/h3-7,14-17,20H,2,8-12H2,1H3/t14-,15+,16?,17-/m0/s1. The van der Waals surface area contributed by atoms with Crippen molar-refractivity contribution in [1.82, 2.24) is 4.90 Å². The highest BCUT2D eigenvalue weighted by Gasteiger charge is 2.41. The number of carbonyl (C=O) groups excluding carboxylic acids is 1. The van der Waals surface area contributed by atoms with Crippen LogP contribution in [-0.4, -0.2) is 47.3 Å². The molecule has 2 saturated heterocycles. The van der Waals surface area contributed by atoms with Gasteiger partial charge in [-0.05, 0) is 24.9 Å². The van der Waals surface area contributed by atoms with Crippen molar-refractivity contribution in [3.63, 3.8) is 0 Å². The van der Waals surface area contributed by atoms with Crippen LogP contribution in [0.25, 0.3) is 0 Å². The summed E-state index contributed by atoms with van der Waals surface area (Å²) in [4.78, 5) is 15.0. The monoisotopic (exact) mass is 303 g/mol. The van der Waals surface area contributed by atoms with E-state index in [4.69, 9.17) is 4.74 Å². The van der Waals surface area contributed by atoms with Crippen molar-refractivity contribution in [3.8, 4) is 0 Å². The van der Waals surface area contributed by atoms with E-state index in [-0.39, 0.29) is 18.7 Å². The maximum atomic E-state index is 12.4. The first kappa shape index (κ1) is 15.5. The van der Waals surface area contributed by atoms with Gasteiger partial charge in [-0.2, -0.15) is 0 Å². The van der Waals surface area contributed by atoms with E-state index in [9.17, 15) is 9.90 Å². The predicted molar refractivity (Wildman–Crippen MR) is 84.6 cm³/mol. The Morgan fingerprint density at radius 3 is 2.45 bits per heavy atom. The third-order valence-electron chi connectivity index (χ3n) is 5.16. The molecule has 0 spiro atoms. The predicted octanol–water partition coefficient (Wildman–Crippen LogP) is 2.32. The van der Waals surface area contributed by atoms with Crippen molar-refractivity contribution in [1.29, 1.82) is 0 Å². The van der Waals surface area contributed by atoms with E-state index in [1.165, 1.54) is 12.8 Å². The van der Waals surface area contributed by atoms with Crippen LogP contribution < -0.4 is 0 Å². The van der Waals surface area contributed by atoms with Gasteiger partial charge in [0.15, 0.2) is 0 Å². The van der Waals surface area contributed by atoms with Gasteiger partial charge < -0.3 is 9.84 Å². The molecule has 1 aromatic carbocycles. The van der Waals surface area contributed by atoms with Gasteiger partial charge in [0.25, 0.3) is 0 Å². The molecule has 2 aliphatic heterocycles. The van der Waals surface area contributed by atoms with Crippen LogP contribution in [0.15, 0.2) is 30.3 Å². The average molecular weight is 303 g/mol. The van der Waals surface area contributed by atoms with Gasteiger partial charge in [-0.1, -0.05) is 37.3 Å². The van der Waals surface area contributed by atoms with Gasteiger partial charge in [-0.3, -0.25) is 9.69 Å². The number of hydrogen-bond donors (Lipinski definition) is 1. The van der Waals surface area contributed by atoms with Crippen LogP contribution in [0.5, 0.6) is 0 Å². The van der Waals surface area contributed by atoms with Crippen molar-refractivity contribution in [3.05, 3.63) is 35.9 Å². The molecule has 0 amide bonds. The zero-order chi connectivity index (χ0) is 15.5. The smallest absolute Gasteiger partial charge is 0.316 e. The largest absolute Gasteiger partial charge is 0.462 e. The molecule has 0 radical (unpaired) electrons. The van der Waals surface area contributed by atoms with Crippen LogP contribution >= 0.6 is 0 Å². The number of nitrogens with zero attached hydrogens (tertiary/aromatic N) is 1. The number of carbonyl (C=O) groups is 1. The molecule has 1 aromatic rings. The second-order valence-corrected chi connectivity index (χ2v) is 6.39. The van der Waals surface area contributed by atoms with Gasteiger partial charge in [0.2, 0.25) is 0 Å². The summed E-state index contributed by atoms with van der Waals surface area (Å²) in [6.45, 7) is 3.08. The summed E-state index contributed by atoms with van der Waals surface area (Å²) in [6, 6.07) is 10.5. The SMILES string of the molecule is CCN1[C@@H]2CC[C@H]1CC(OC(=O)[C@@H](CO)c1ccccc1)C2. The number of rotatable bonds is 5. The Morgan fingerprint density at radius 1 is 1.27 bits per heavy atom. The molecule has 2 heterocycles. The van der Waals surface area contributed by atoms with Gasteiger partial charge in [-0.15, -0.1) is 0 Å². The average Bonchev–Trinajstić information content (AvgIpc) is 2.79. The Bertz CT molecular complexity index is 490. The van der Waals surface area contributed by atoms with Gasteiger partial charge in [-0.25, -0.2) is 0 Å². The number of fused-ring (bicyclic) bond motifs is 2. The molecule has 22 heavy (non-hydrogen) atoms. The van der Waals surface area contributed by atoms with Crippen LogP contribution in [-0.2, 0) is 9.53 Å². The molecule has 1 N–H and O–H groups in total. The molecular formula is C18H25NO3. The lowest BCUT2D eigenvalue weighted by molar-refractivity contribution is -0.155. The lowest BCUT2D eigenvalue weighted by Crippen LogP contribution is -2.46. The summed E-state index contributed by atoms with van der Waals surface area (Å²) in [6.07, 6.45) is 4.31. The molecule has 3 rings (SSSR count). The van der Waals surface area contributed by atoms with Crippen molar-refractivity contribution in [2.75, 3.05) is 13.2 Å². The first-order valence-corrected chi connectivity index (χ1v) is 8.35. The van der Waals surface area contributed by atoms with Crippen LogP contribution in [0.2, 0.25) is 0 Å². The third kappa shape index (κ3) is 3.03. The van der Waals surface area contributed by atoms with Gasteiger partial charge in [0, 0.05) is 24.9 Å². The molecule has 0 aliphatic carbocycles. The zero-order valence-electron chi connectivity index (χ0n) is 13.1. The second kappa shape index (κ2) is 6.80. The first-order valence-electron chi connectivity index (χ1n) is 8.35. The minimum Gasteiger partial charge on any atom is -0.462 e. The minimum atomic E-state index is -0.567. The van der Waals surface area contributed by atoms with Crippen LogP contribution in [0.3, 0.4) is 0 Å². The molecular weight excluding hydrogens is 278 g/mol. The van der Waals surface area contributed by atoms with Crippen molar-refractivity contribution in [2.24, 2.45) is 0 Å². The van der Waals surface area contributed by atoms with E-state index >= 15 is 0 Å². The number of piperidine rings is 1. The maximum Gasteiger partial charge on any atom is 0.316 e. The minimum absolute atomic E-state index is 0.00515. The zero-order valence-corrected chi connectivity index (χ0v) is 13.1. The molecule has 0 aromatic heterocycles. The van der Waals surface area contributed by atoms with E-state index in [0.29, 0.717) is 12.1 Å². The Kier molecular flexibility index (Phi) is 4.79. The topological polar surface area (TPSA) is 49.8 Å². The molecule has 2 aliphatic rings. The summed E-state index contributed by atoms with van der Waals surface area (Å²) in [7, 11) is 0. The van der Waals surface area contributed by atoms with Gasteiger partial charge >= 0.3 is 5.97 Å². The Balaban J connectivity index is 1.62. The molecule has 1 unspecified atom stereocenters. The summed E-state index contributed by atoms with van der Waals surface area (Å²) in [5.74, 6) is -0.855. The summed E-state index contributed by atoms with van der Waals surface area (Å²) >= 11 is 0. The number of esters is 1. The molecule has 4 heteroatoms. The highest BCUT2D eigenvalue weighted by molar-refractivity contribution is 5.78. The van der Waals surface area contributed by atoms with Gasteiger partial charge in [0.1, 0.15) is 12.0 Å². The van der Waals surface area contributed by atoms with E-state index in [1.54, 1.807) is 0 Å². The maximum absolute atomic E-state index is 12.4. The van der Waals surface area contributed by atoms with E-state index in [1.807, 2.05) is 30.3 Å². The molecule has 2 bridgehead atoms. The fraction of sp³-hybridized carbons (Fsp3) is 0.611. The van der Waals surface area contributed by atoms with Gasteiger partial charge in [0.05, 0.1) is 6.61 Å². The van der Waals surface area contributed by atoms with Crippen LogP contribution in [0, 0.1) is 0 Å². The normalized spacial score (nSPS) is 29.3. The second-order valence-electron chi connectivity index (χ2n) is 6.39. The van der Waals surface area contributed by atoms with E-state index < -0.39 is 5.92 Å². The summed E-state index contributed by atoms with van der Waals surface area (Å²) in [5.41, 5.74) is 0.823. The van der Waals surface area contributed by atoms with Crippen LogP contribution in [0.4, 0.5) is 0 Å². The fourth-order valence-electron chi connectivity index (χ4n) is 4.08. The van der Waals surface area contributed by atoms with Crippen molar-refractivity contribution in [2.45, 2.75) is 56.7 Å². The summed E-state index contributed by atoms with van der Waals surface area (Å²) < 4.78 is 5.75. The highest BCUT2D eigenvalue weighted by Crippen LogP contribution is 2.37. The highest BCUT2D eigenvalue weighted by atomic mass is 16.5. The Hall–Kier alpha value is -1.39. The lowest BCUT2D eigenvalue weighted by atomic mass is 9.98. The number of ether oxygens (including phenoxy) is 1. The quantitative estimate of drug-likeness (QED) is 0.848. The van der Waals surface area contributed by atoms with Crippen molar-refractivity contribution < 1.29 is 14.6 Å². The number of benzene rings is 1.